The minimum Gasteiger partial charge on any atom is -0.511 e. The van der Waals surface area contributed by atoms with E-state index in [2.05, 4.69) is 0 Å². The topological polar surface area (TPSA) is 121 Å². The van der Waals surface area contributed by atoms with E-state index >= 15 is 0 Å². The van der Waals surface area contributed by atoms with Crippen LogP contribution in [0.3, 0.4) is 0 Å². The fourth-order valence-corrected chi connectivity index (χ4v) is 5.56. The van der Waals surface area contributed by atoms with E-state index in [0.717, 1.165) is 17.5 Å². The molecule has 0 amide bonds. The molecule has 1 saturated heterocycles. The summed E-state index contributed by atoms with van der Waals surface area (Å²) in [6, 6.07) is 3.45. The Bertz CT molecular complexity index is 955. The number of aliphatic hydroxyl groups is 2. The van der Waals surface area contributed by atoms with E-state index in [1.807, 2.05) is 6.07 Å². The molecule has 2 aliphatic carbocycles. The SMILES string of the molecule is CC(=O)C1=C(O)CC(CC2CC(=O)c3c(O)ccc(C4CCOC4)c3C2)C(CO)C1=O. The molecule has 1 aromatic carbocycles. The number of hydrogen-bond donors (Lipinski definition) is 3. The van der Waals surface area contributed by atoms with Crippen LogP contribution in [0.4, 0.5) is 0 Å². The first-order chi connectivity index (χ1) is 14.8. The van der Waals surface area contributed by atoms with Gasteiger partial charge in [-0.1, -0.05) is 6.07 Å². The summed E-state index contributed by atoms with van der Waals surface area (Å²) in [4.78, 5) is 37.4. The number of ketones is 3. The van der Waals surface area contributed by atoms with Gasteiger partial charge < -0.3 is 20.1 Å². The van der Waals surface area contributed by atoms with Crippen molar-refractivity contribution in [1.82, 2.24) is 0 Å². The zero-order valence-electron chi connectivity index (χ0n) is 17.6. The van der Waals surface area contributed by atoms with Gasteiger partial charge in [0.2, 0.25) is 0 Å². The minimum atomic E-state index is -0.766. The molecule has 31 heavy (non-hydrogen) atoms. The lowest BCUT2D eigenvalue weighted by molar-refractivity contribution is -0.127. The van der Waals surface area contributed by atoms with E-state index in [1.54, 1.807) is 6.07 Å². The quantitative estimate of drug-likeness (QED) is 0.617. The van der Waals surface area contributed by atoms with Crippen LogP contribution in [0.15, 0.2) is 23.5 Å². The molecule has 1 fully saturated rings. The van der Waals surface area contributed by atoms with Crippen molar-refractivity contribution in [3.05, 3.63) is 40.2 Å². The normalized spacial score (nSPS) is 28.7. The Morgan fingerprint density at radius 3 is 2.58 bits per heavy atom. The molecule has 0 radical (unpaired) electrons. The average Bonchev–Trinajstić information content (AvgIpc) is 3.22. The van der Waals surface area contributed by atoms with Gasteiger partial charge in [0.1, 0.15) is 11.5 Å². The molecule has 7 nitrogen and oxygen atoms in total. The molecule has 166 valence electrons. The van der Waals surface area contributed by atoms with Crippen LogP contribution in [0.25, 0.3) is 0 Å². The zero-order valence-corrected chi connectivity index (χ0v) is 17.6. The van der Waals surface area contributed by atoms with E-state index in [1.165, 1.54) is 6.92 Å². The number of carbonyl (C=O) groups is 3. The van der Waals surface area contributed by atoms with Gasteiger partial charge >= 0.3 is 0 Å². The first-order valence-corrected chi connectivity index (χ1v) is 10.9. The summed E-state index contributed by atoms with van der Waals surface area (Å²) in [7, 11) is 0. The van der Waals surface area contributed by atoms with Gasteiger partial charge in [0.05, 0.1) is 24.4 Å². The number of hydrogen-bond acceptors (Lipinski definition) is 7. The van der Waals surface area contributed by atoms with Gasteiger partial charge in [-0.05, 0) is 55.2 Å². The highest BCUT2D eigenvalue weighted by Gasteiger charge is 2.41. The number of fused-ring (bicyclic) bond motifs is 1. The molecule has 1 aromatic rings. The summed E-state index contributed by atoms with van der Waals surface area (Å²) in [6.07, 6.45) is 2.28. The molecular formula is C24H28O7. The lowest BCUT2D eigenvalue weighted by Crippen LogP contribution is -2.37. The van der Waals surface area contributed by atoms with Gasteiger partial charge in [0, 0.05) is 31.3 Å². The predicted molar refractivity (Wildman–Crippen MR) is 111 cm³/mol. The summed E-state index contributed by atoms with van der Waals surface area (Å²) in [5.41, 5.74) is 2.06. The van der Waals surface area contributed by atoms with Gasteiger partial charge in [-0.3, -0.25) is 14.4 Å². The van der Waals surface area contributed by atoms with Crippen LogP contribution < -0.4 is 0 Å². The average molecular weight is 428 g/mol. The molecule has 0 spiro atoms. The number of aromatic hydroxyl groups is 1. The summed E-state index contributed by atoms with van der Waals surface area (Å²) < 4.78 is 5.52. The predicted octanol–water partition coefficient (Wildman–Crippen LogP) is 2.63. The highest BCUT2D eigenvalue weighted by atomic mass is 16.5. The van der Waals surface area contributed by atoms with Crippen molar-refractivity contribution in [2.24, 2.45) is 17.8 Å². The third kappa shape index (κ3) is 3.92. The lowest BCUT2D eigenvalue weighted by atomic mass is 9.69. The van der Waals surface area contributed by atoms with Crippen LogP contribution in [0.5, 0.6) is 5.75 Å². The molecule has 1 aliphatic heterocycles. The van der Waals surface area contributed by atoms with E-state index in [4.69, 9.17) is 4.74 Å². The number of phenols is 1. The maximum Gasteiger partial charge on any atom is 0.175 e. The monoisotopic (exact) mass is 428 g/mol. The minimum absolute atomic E-state index is 0.00567. The smallest absolute Gasteiger partial charge is 0.175 e. The highest BCUT2D eigenvalue weighted by molar-refractivity contribution is 6.21. The molecule has 0 saturated carbocycles. The number of phenolic OH excluding ortho intramolecular Hbond substituents is 1. The molecule has 0 bridgehead atoms. The Hall–Kier alpha value is -2.51. The fourth-order valence-electron chi connectivity index (χ4n) is 5.56. The van der Waals surface area contributed by atoms with Crippen molar-refractivity contribution in [1.29, 1.82) is 0 Å². The number of ether oxygens (including phenoxy) is 1. The number of rotatable bonds is 5. The summed E-state index contributed by atoms with van der Waals surface area (Å²) in [5.74, 6) is -2.39. The van der Waals surface area contributed by atoms with E-state index in [9.17, 15) is 29.7 Å². The molecule has 3 aliphatic rings. The van der Waals surface area contributed by atoms with Crippen LogP contribution >= 0.6 is 0 Å². The molecule has 3 N–H and O–H groups in total. The van der Waals surface area contributed by atoms with Crippen molar-refractivity contribution < 1.29 is 34.4 Å². The van der Waals surface area contributed by atoms with Crippen molar-refractivity contribution in [3.63, 3.8) is 0 Å². The van der Waals surface area contributed by atoms with Gasteiger partial charge in [-0.25, -0.2) is 0 Å². The van der Waals surface area contributed by atoms with Crippen molar-refractivity contribution in [2.45, 2.75) is 44.9 Å². The second-order valence-corrected chi connectivity index (χ2v) is 9.02. The maximum atomic E-state index is 12.9. The van der Waals surface area contributed by atoms with Gasteiger partial charge in [-0.2, -0.15) is 0 Å². The molecule has 4 rings (SSSR count). The van der Waals surface area contributed by atoms with Crippen LogP contribution in [0.1, 0.15) is 60.0 Å². The third-order valence-electron chi connectivity index (χ3n) is 7.02. The Balaban J connectivity index is 1.61. The van der Waals surface area contributed by atoms with Gasteiger partial charge in [-0.15, -0.1) is 0 Å². The number of Topliss-reactive ketones (excluding diaryl/α,β-unsaturated/α-hetero) is 3. The zero-order chi connectivity index (χ0) is 22.3. The van der Waals surface area contributed by atoms with E-state index in [-0.39, 0.29) is 53.5 Å². The van der Waals surface area contributed by atoms with Crippen molar-refractivity contribution in [2.75, 3.05) is 19.8 Å². The van der Waals surface area contributed by atoms with Crippen molar-refractivity contribution in [3.8, 4) is 5.75 Å². The standard InChI is InChI=1S/C24H28O7/c1-12(26)22-21(29)9-15(18(10-25)24(22)30)6-13-7-17-16(14-4-5-31-11-14)2-3-19(27)23(17)20(28)8-13/h2-3,13-15,18,25,27,29H,4-11H2,1H3. The molecule has 0 aromatic heterocycles. The number of carbonyl (C=O) groups excluding carboxylic acids is 3. The Kier molecular flexibility index (Phi) is 5.99. The second-order valence-electron chi connectivity index (χ2n) is 9.02. The van der Waals surface area contributed by atoms with Crippen LogP contribution in [-0.2, 0) is 20.7 Å². The summed E-state index contributed by atoms with van der Waals surface area (Å²) in [6.45, 7) is 2.09. The Morgan fingerprint density at radius 2 is 1.94 bits per heavy atom. The number of benzene rings is 1. The van der Waals surface area contributed by atoms with Gasteiger partial charge in [0.15, 0.2) is 17.3 Å². The third-order valence-corrected chi connectivity index (χ3v) is 7.02. The molecule has 4 atom stereocenters. The Morgan fingerprint density at radius 1 is 1.16 bits per heavy atom. The van der Waals surface area contributed by atoms with Crippen LogP contribution in [0.2, 0.25) is 0 Å². The van der Waals surface area contributed by atoms with Gasteiger partial charge in [0.25, 0.3) is 0 Å². The molecule has 1 heterocycles. The second kappa shape index (κ2) is 8.55. The summed E-state index contributed by atoms with van der Waals surface area (Å²) in [5, 5.41) is 30.5. The van der Waals surface area contributed by atoms with E-state index < -0.39 is 24.1 Å². The maximum absolute atomic E-state index is 12.9. The number of allylic oxidation sites excluding steroid dienone is 2. The van der Waals surface area contributed by atoms with Crippen LogP contribution in [0, 0.1) is 17.8 Å². The fraction of sp³-hybridized carbons (Fsp3) is 0.542. The molecule has 7 heteroatoms. The van der Waals surface area contributed by atoms with Crippen molar-refractivity contribution >= 4 is 17.3 Å². The lowest BCUT2D eigenvalue weighted by Gasteiger charge is -2.34. The first kappa shape index (κ1) is 21.7. The first-order valence-electron chi connectivity index (χ1n) is 10.9. The number of aliphatic hydroxyl groups excluding tert-OH is 2. The summed E-state index contributed by atoms with van der Waals surface area (Å²) >= 11 is 0. The molecular weight excluding hydrogens is 400 g/mol. The van der Waals surface area contributed by atoms with E-state index in [0.29, 0.717) is 31.6 Å². The highest BCUT2D eigenvalue weighted by Crippen LogP contribution is 2.42. The largest absolute Gasteiger partial charge is 0.511 e. The Labute approximate surface area is 180 Å². The van der Waals surface area contributed by atoms with Crippen LogP contribution in [-0.4, -0.2) is 52.5 Å². The molecule has 4 unspecified atom stereocenters.